The van der Waals surface area contributed by atoms with Crippen molar-refractivity contribution in [1.29, 1.82) is 0 Å². The van der Waals surface area contributed by atoms with Gasteiger partial charge in [-0.1, -0.05) is 18.2 Å². The van der Waals surface area contributed by atoms with Gasteiger partial charge in [-0.3, -0.25) is 5.10 Å². The Hall–Kier alpha value is -2.36. The van der Waals surface area contributed by atoms with E-state index in [9.17, 15) is 0 Å². The predicted molar refractivity (Wildman–Crippen MR) is 75.1 cm³/mol. The van der Waals surface area contributed by atoms with E-state index in [2.05, 4.69) is 21.2 Å². The van der Waals surface area contributed by atoms with E-state index in [1.165, 1.54) is 0 Å². The Bertz CT molecular complexity index is 703. The minimum Gasteiger partial charge on any atom is -0.475 e. The number of aromatic amines is 1. The number of para-hydroxylation sites is 1. The summed E-state index contributed by atoms with van der Waals surface area (Å²) in [5, 5.41) is 8.51. The number of aromatic nitrogens is 3. The third kappa shape index (κ3) is 2.29. The van der Waals surface area contributed by atoms with Crippen LogP contribution in [-0.4, -0.2) is 21.3 Å². The first-order valence-electron chi connectivity index (χ1n) is 6.30. The summed E-state index contributed by atoms with van der Waals surface area (Å²) in [5.74, 6) is 0.625. The van der Waals surface area contributed by atoms with Gasteiger partial charge < -0.3 is 4.74 Å². The van der Waals surface area contributed by atoms with Crippen LogP contribution in [0.2, 0.25) is 0 Å². The fraction of sp³-hybridized carbons (Fsp3) is 0.200. The number of hydrogen-bond donors (Lipinski definition) is 1. The van der Waals surface area contributed by atoms with E-state index in [-0.39, 0.29) is 6.10 Å². The Morgan fingerprint density at radius 2 is 2.00 bits per heavy atom. The quantitative estimate of drug-likeness (QED) is 0.778. The molecular formula is C15H15N3O. The van der Waals surface area contributed by atoms with Crippen molar-refractivity contribution in [2.75, 3.05) is 0 Å². The van der Waals surface area contributed by atoms with Crippen LogP contribution in [0.1, 0.15) is 13.8 Å². The first kappa shape index (κ1) is 11.7. The smallest absolute Gasteiger partial charge is 0.214 e. The lowest BCUT2D eigenvalue weighted by Gasteiger charge is -2.08. The molecule has 0 aliphatic carbocycles. The van der Waals surface area contributed by atoms with Crippen LogP contribution in [0, 0.1) is 0 Å². The fourth-order valence-corrected chi connectivity index (χ4v) is 2.05. The normalized spacial score (nSPS) is 11.1. The monoisotopic (exact) mass is 253 g/mol. The number of hydrogen-bond acceptors (Lipinski definition) is 3. The highest BCUT2D eigenvalue weighted by Crippen LogP contribution is 2.27. The second kappa shape index (κ2) is 4.72. The fourth-order valence-electron chi connectivity index (χ4n) is 2.05. The molecule has 96 valence electrons. The van der Waals surface area contributed by atoms with Gasteiger partial charge in [-0.15, -0.1) is 0 Å². The van der Waals surface area contributed by atoms with E-state index in [0.717, 1.165) is 22.2 Å². The van der Waals surface area contributed by atoms with Crippen molar-refractivity contribution < 1.29 is 4.74 Å². The van der Waals surface area contributed by atoms with E-state index in [1.807, 2.05) is 44.2 Å². The molecule has 3 rings (SSSR count). The Balaban J connectivity index is 2.06. The van der Waals surface area contributed by atoms with Gasteiger partial charge in [0.2, 0.25) is 5.88 Å². The van der Waals surface area contributed by atoms with Gasteiger partial charge in [-0.2, -0.15) is 5.10 Å². The lowest BCUT2D eigenvalue weighted by atomic mass is 10.1. The van der Waals surface area contributed by atoms with Gasteiger partial charge in [-0.25, -0.2) is 4.98 Å². The van der Waals surface area contributed by atoms with Crippen molar-refractivity contribution >= 4 is 10.9 Å². The second-order valence-corrected chi connectivity index (χ2v) is 4.67. The van der Waals surface area contributed by atoms with Gasteiger partial charge in [0.25, 0.3) is 0 Å². The molecule has 0 fully saturated rings. The molecule has 0 aliphatic heterocycles. The molecule has 2 heterocycles. The average Bonchev–Trinajstić information content (AvgIpc) is 2.82. The molecule has 0 aliphatic rings. The molecule has 1 aromatic carbocycles. The Morgan fingerprint density at radius 3 is 2.84 bits per heavy atom. The van der Waals surface area contributed by atoms with E-state index < -0.39 is 0 Å². The zero-order valence-electron chi connectivity index (χ0n) is 10.9. The van der Waals surface area contributed by atoms with E-state index in [1.54, 1.807) is 6.20 Å². The highest BCUT2D eigenvalue weighted by atomic mass is 16.5. The third-order valence-corrected chi connectivity index (χ3v) is 2.84. The molecule has 3 aromatic rings. The number of pyridine rings is 1. The molecule has 0 unspecified atom stereocenters. The zero-order valence-corrected chi connectivity index (χ0v) is 10.9. The highest BCUT2D eigenvalue weighted by molar-refractivity contribution is 5.92. The first-order chi connectivity index (χ1) is 9.24. The predicted octanol–water partition coefficient (Wildman–Crippen LogP) is 3.41. The molecule has 0 spiro atoms. The average molecular weight is 253 g/mol. The highest BCUT2D eigenvalue weighted by Gasteiger charge is 2.09. The molecule has 1 N–H and O–H groups in total. The van der Waals surface area contributed by atoms with Crippen molar-refractivity contribution in [2.45, 2.75) is 20.0 Å². The van der Waals surface area contributed by atoms with Crippen LogP contribution in [0.15, 0.2) is 42.6 Å². The summed E-state index contributed by atoms with van der Waals surface area (Å²) in [7, 11) is 0. The van der Waals surface area contributed by atoms with Crippen LogP contribution in [-0.2, 0) is 0 Å². The van der Waals surface area contributed by atoms with Crippen molar-refractivity contribution in [1.82, 2.24) is 15.2 Å². The lowest BCUT2D eigenvalue weighted by molar-refractivity contribution is 0.233. The molecule has 0 radical (unpaired) electrons. The largest absolute Gasteiger partial charge is 0.475 e. The topological polar surface area (TPSA) is 50.8 Å². The molecule has 2 aromatic heterocycles. The molecule has 0 atom stereocenters. The summed E-state index contributed by atoms with van der Waals surface area (Å²) in [4.78, 5) is 4.21. The first-order valence-corrected chi connectivity index (χ1v) is 6.30. The number of H-pyrrole nitrogens is 1. The summed E-state index contributed by atoms with van der Waals surface area (Å²) in [6.45, 7) is 3.97. The molecule has 4 heteroatoms. The number of rotatable bonds is 3. The summed E-state index contributed by atoms with van der Waals surface area (Å²) in [6, 6.07) is 11.9. The number of fused-ring (bicyclic) bond motifs is 1. The van der Waals surface area contributed by atoms with Crippen LogP contribution in [0.25, 0.3) is 22.2 Å². The molecular weight excluding hydrogens is 238 g/mol. The molecule has 4 nitrogen and oxygen atoms in total. The Morgan fingerprint density at radius 1 is 1.16 bits per heavy atom. The van der Waals surface area contributed by atoms with E-state index >= 15 is 0 Å². The molecule has 0 bridgehead atoms. The van der Waals surface area contributed by atoms with E-state index in [4.69, 9.17) is 4.74 Å². The van der Waals surface area contributed by atoms with E-state index in [0.29, 0.717) is 5.88 Å². The maximum atomic E-state index is 5.62. The second-order valence-electron chi connectivity index (χ2n) is 4.67. The van der Waals surface area contributed by atoms with Crippen LogP contribution >= 0.6 is 0 Å². The maximum Gasteiger partial charge on any atom is 0.214 e. The summed E-state index contributed by atoms with van der Waals surface area (Å²) in [6.07, 6.45) is 1.86. The molecule has 0 amide bonds. The van der Waals surface area contributed by atoms with Crippen LogP contribution in [0.5, 0.6) is 5.88 Å². The number of benzene rings is 1. The Labute approximate surface area is 111 Å². The van der Waals surface area contributed by atoms with Gasteiger partial charge in [0.05, 0.1) is 11.6 Å². The van der Waals surface area contributed by atoms with Gasteiger partial charge in [0, 0.05) is 23.2 Å². The van der Waals surface area contributed by atoms with Crippen molar-refractivity contribution in [3.8, 4) is 17.1 Å². The van der Waals surface area contributed by atoms with Crippen LogP contribution in [0.3, 0.4) is 0 Å². The van der Waals surface area contributed by atoms with Gasteiger partial charge in [0.15, 0.2) is 0 Å². The maximum absolute atomic E-state index is 5.62. The SMILES string of the molecule is CC(C)Oc1cc(-c2n[nH]c3ccccc23)ccn1. The summed E-state index contributed by atoms with van der Waals surface area (Å²) >= 11 is 0. The van der Waals surface area contributed by atoms with Crippen molar-refractivity contribution in [3.05, 3.63) is 42.6 Å². The minimum absolute atomic E-state index is 0.110. The molecule has 19 heavy (non-hydrogen) atoms. The summed E-state index contributed by atoms with van der Waals surface area (Å²) in [5.41, 5.74) is 2.95. The van der Waals surface area contributed by atoms with Crippen LogP contribution in [0.4, 0.5) is 0 Å². The Kier molecular flexibility index (Phi) is 2.91. The number of ether oxygens (including phenoxy) is 1. The lowest BCUT2D eigenvalue weighted by Crippen LogP contribution is -2.06. The zero-order chi connectivity index (χ0) is 13.2. The number of nitrogens with one attached hydrogen (secondary N) is 1. The van der Waals surface area contributed by atoms with Crippen molar-refractivity contribution in [2.24, 2.45) is 0 Å². The van der Waals surface area contributed by atoms with Gasteiger partial charge in [0.1, 0.15) is 5.69 Å². The summed E-state index contributed by atoms with van der Waals surface area (Å²) < 4.78 is 5.62. The standard InChI is InChI=1S/C15H15N3O/c1-10(2)19-14-9-11(7-8-16-14)15-12-5-3-4-6-13(12)17-18-15/h3-10H,1-2H3,(H,17,18). The third-order valence-electron chi connectivity index (χ3n) is 2.84. The van der Waals surface area contributed by atoms with Gasteiger partial charge >= 0.3 is 0 Å². The van der Waals surface area contributed by atoms with Gasteiger partial charge in [-0.05, 0) is 26.0 Å². The molecule has 0 saturated carbocycles. The van der Waals surface area contributed by atoms with Crippen molar-refractivity contribution in [3.63, 3.8) is 0 Å². The molecule has 0 saturated heterocycles. The van der Waals surface area contributed by atoms with Crippen LogP contribution < -0.4 is 4.74 Å². The number of nitrogens with zero attached hydrogens (tertiary/aromatic N) is 2. The minimum atomic E-state index is 0.110.